The zero-order chi connectivity index (χ0) is 15.9. The van der Waals surface area contributed by atoms with Gasteiger partial charge in [0, 0.05) is 0 Å². The largest absolute Gasteiger partial charge is 0.490 e. The fraction of sp³-hybridized carbons (Fsp3) is 0.588. The van der Waals surface area contributed by atoms with Gasteiger partial charge in [0.05, 0.1) is 17.6 Å². The van der Waals surface area contributed by atoms with Crippen molar-refractivity contribution >= 4 is 17.5 Å². The van der Waals surface area contributed by atoms with Crippen molar-refractivity contribution in [2.75, 3.05) is 26.7 Å². The van der Waals surface area contributed by atoms with Crippen molar-refractivity contribution in [2.45, 2.75) is 38.6 Å². The SMILES string of the molecule is Cc1cccc(Cl)c1OCCNC(=O)[C@H]1CCCCCN1C. The van der Waals surface area contributed by atoms with Crippen LogP contribution in [0.4, 0.5) is 0 Å². The molecule has 1 heterocycles. The third kappa shape index (κ3) is 4.62. The number of amides is 1. The predicted octanol–water partition coefficient (Wildman–Crippen LogP) is 3.02. The highest BCUT2D eigenvalue weighted by molar-refractivity contribution is 6.32. The van der Waals surface area contributed by atoms with Gasteiger partial charge in [-0.05, 0) is 45.0 Å². The summed E-state index contributed by atoms with van der Waals surface area (Å²) in [5.41, 5.74) is 1.00. The molecule has 1 saturated heterocycles. The van der Waals surface area contributed by atoms with Crippen LogP contribution < -0.4 is 10.1 Å². The number of likely N-dealkylation sites (tertiary alicyclic amines) is 1. The first-order chi connectivity index (χ1) is 10.6. The molecule has 1 aromatic rings. The summed E-state index contributed by atoms with van der Waals surface area (Å²) in [6, 6.07) is 5.65. The lowest BCUT2D eigenvalue weighted by molar-refractivity contribution is -0.126. The number of likely N-dealkylation sites (N-methyl/N-ethyl adjacent to an activating group) is 1. The molecule has 1 N–H and O–H groups in total. The van der Waals surface area contributed by atoms with E-state index in [1.54, 1.807) is 0 Å². The molecule has 5 heteroatoms. The molecule has 0 spiro atoms. The smallest absolute Gasteiger partial charge is 0.237 e. The number of hydrogen-bond donors (Lipinski definition) is 1. The first-order valence-corrected chi connectivity index (χ1v) is 8.33. The van der Waals surface area contributed by atoms with Gasteiger partial charge >= 0.3 is 0 Å². The molecule has 0 aliphatic carbocycles. The van der Waals surface area contributed by atoms with Crippen LogP contribution in [0.15, 0.2) is 18.2 Å². The van der Waals surface area contributed by atoms with Crippen LogP contribution in [-0.4, -0.2) is 43.6 Å². The first kappa shape index (κ1) is 17.1. The summed E-state index contributed by atoms with van der Waals surface area (Å²) in [6.45, 7) is 3.87. The average Bonchev–Trinajstić information content (AvgIpc) is 2.70. The molecule has 1 aliphatic heterocycles. The molecule has 0 saturated carbocycles. The van der Waals surface area contributed by atoms with Crippen LogP contribution in [0.5, 0.6) is 5.75 Å². The summed E-state index contributed by atoms with van der Waals surface area (Å²) in [5.74, 6) is 0.800. The Morgan fingerprint density at radius 2 is 2.23 bits per heavy atom. The zero-order valence-electron chi connectivity index (χ0n) is 13.4. The Morgan fingerprint density at radius 3 is 3.00 bits per heavy atom. The van der Waals surface area contributed by atoms with Gasteiger partial charge in [0.1, 0.15) is 12.4 Å². The van der Waals surface area contributed by atoms with E-state index in [1.807, 2.05) is 32.2 Å². The fourth-order valence-electron chi connectivity index (χ4n) is 2.83. The van der Waals surface area contributed by atoms with Crippen LogP contribution in [0.2, 0.25) is 5.02 Å². The third-order valence-corrected chi connectivity index (χ3v) is 4.43. The van der Waals surface area contributed by atoms with Crippen molar-refractivity contribution < 1.29 is 9.53 Å². The number of carbonyl (C=O) groups excluding carboxylic acids is 1. The normalized spacial score (nSPS) is 19.5. The summed E-state index contributed by atoms with van der Waals surface area (Å²) in [5, 5.41) is 3.58. The third-order valence-electron chi connectivity index (χ3n) is 4.13. The second kappa shape index (κ2) is 8.39. The van der Waals surface area contributed by atoms with E-state index in [1.165, 1.54) is 12.8 Å². The Labute approximate surface area is 137 Å². The Balaban J connectivity index is 1.77. The van der Waals surface area contributed by atoms with Gasteiger partial charge < -0.3 is 10.1 Å². The van der Waals surface area contributed by atoms with Crippen LogP contribution >= 0.6 is 11.6 Å². The number of para-hydroxylation sites is 1. The average molecular weight is 325 g/mol. The molecule has 122 valence electrons. The van der Waals surface area contributed by atoms with Crippen LogP contribution in [0, 0.1) is 6.92 Å². The predicted molar refractivity (Wildman–Crippen MR) is 89.6 cm³/mol. The number of rotatable bonds is 5. The second-order valence-corrected chi connectivity index (χ2v) is 6.28. The number of nitrogens with one attached hydrogen (secondary N) is 1. The highest BCUT2D eigenvalue weighted by Crippen LogP contribution is 2.27. The zero-order valence-corrected chi connectivity index (χ0v) is 14.2. The Kier molecular flexibility index (Phi) is 6.52. The van der Waals surface area contributed by atoms with Crippen molar-refractivity contribution in [2.24, 2.45) is 0 Å². The second-order valence-electron chi connectivity index (χ2n) is 5.87. The van der Waals surface area contributed by atoms with Crippen LogP contribution in [0.25, 0.3) is 0 Å². The van der Waals surface area contributed by atoms with E-state index in [0.717, 1.165) is 24.9 Å². The molecule has 4 nitrogen and oxygen atoms in total. The minimum absolute atomic E-state index is 0.00968. The summed E-state index contributed by atoms with van der Waals surface area (Å²) in [4.78, 5) is 14.4. The van der Waals surface area contributed by atoms with Gasteiger partial charge in [-0.1, -0.05) is 36.6 Å². The molecule has 1 fully saturated rings. The van der Waals surface area contributed by atoms with E-state index in [-0.39, 0.29) is 11.9 Å². The van der Waals surface area contributed by atoms with Gasteiger partial charge in [0.25, 0.3) is 0 Å². The van der Waals surface area contributed by atoms with E-state index >= 15 is 0 Å². The van der Waals surface area contributed by atoms with Gasteiger partial charge in [-0.3, -0.25) is 9.69 Å². The lowest BCUT2D eigenvalue weighted by atomic mass is 10.1. The highest BCUT2D eigenvalue weighted by atomic mass is 35.5. The standard InChI is InChI=1S/C17H25ClN2O2/c1-13-7-6-8-14(18)16(13)22-12-10-19-17(21)15-9-4-3-5-11-20(15)2/h6-8,15H,3-5,9-12H2,1-2H3,(H,19,21)/t15-/m1/s1. The number of carbonyl (C=O) groups is 1. The molecule has 0 unspecified atom stereocenters. The molecule has 0 aromatic heterocycles. The molecule has 2 rings (SSSR count). The van der Waals surface area contributed by atoms with Crippen LogP contribution in [0.1, 0.15) is 31.2 Å². The topological polar surface area (TPSA) is 41.6 Å². The van der Waals surface area contributed by atoms with Crippen molar-refractivity contribution in [1.82, 2.24) is 10.2 Å². The Hall–Kier alpha value is -1.26. The number of benzene rings is 1. The van der Waals surface area contributed by atoms with Gasteiger partial charge in [0.15, 0.2) is 0 Å². The summed E-state index contributed by atoms with van der Waals surface area (Å²) >= 11 is 6.11. The Morgan fingerprint density at radius 1 is 1.41 bits per heavy atom. The molecule has 1 aliphatic rings. The number of aryl methyl sites for hydroxylation is 1. The van der Waals surface area contributed by atoms with Crippen molar-refractivity contribution in [1.29, 1.82) is 0 Å². The maximum absolute atomic E-state index is 12.3. The lowest BCUT2D eigenvalue weighted by Gasteiger charge is -2.24. The number of ether oxygens (including phenoxy) is 1. The van der Waals surface area contributed by atoms with Gasteiger partial charge in [-0.25, -0.2) is 0 Å². The molecular formula is C17H25ClN2O2. The van der Waals surface area contributed by atoms with Gasteiger partial charge in [-0.15, -0.1) is 0 Å². The number of hydrogen-bond acceptors (Lipinski definition) is 3. The highest BCUT2D eigenvalue weighted by Gasteiger charge is 2.24. The first-order valence-electron chi connectivity index (χ1n) is 7.95. The minimum Gasteiger partial charge on any atom is -0.490 e. The number of nitrogens with zero attached hydrogens (tertiary/aromatic N) is 1. The quantitative estimate of drug-likeness (QED) is 0.847. The maximum atomic E-state index is 12.3. The van der Waals surface area contributed by atoms with E-state index in [9.17, 15) is 4.79 Å². The van der Waals surface area contributed by atoms with Crippen LogP contribution in [-0.2, 0) is 4.79 Å². The molecule has 1 amide bonds. The molecular weight excluding hydrogens is 300 g/mol. The lowest BCUT2D eigenvalue weighted by Crippen LogP contribution is -2.45. The monoisotopic (exact) mass is 324 g/mol. The fourth-order valence-corrected chi connectivity index (χ4v) is 3.10. The van der Waals surface area contributed by atoms with Crippen molar-refractivity contribution in [3.8, 4) is 5.75 Å². The minimum atomic E-state index is -0.00968. The number of halogens is 1. The van der Waals surface area contributed by atoms with E-state index < -0.39 is 0 Å². The van der Waals surface area contributed by atoms with Crippen molar-refractivity contribution in [3.05, 3.63) is 28.8 Å². The summed E-state index contributed by atoms with van der Waals surface area (Å²) in [6.07, 6.45) is 4.45. The van der Waals surface area contributed by atoms with E-state index in [2.05, 4.69) is 10.2 Å². The van der Waals surface area contributed by atoms with Gasteiger partial charge in [-0.2, -0.15) is 0 Å². The van der Waals surface area contributed by atoms with E-state index in [4.69, 9.17) is 16.3 Å². The Bertz CT molecular complexity index is 487. The molecule has 1 atom stereocenters. The molecule has 1 aromatic carbocycles. The van der Waals surface area contributed by atoms with E-state index in [0.29, 0.717) is 23.9 Å². The van der Waals surface area contributed by atoms with Gasteiger partial charge in [0.2, 0.25) is 5.91 Å². The van der Waals surface area contributed by atoms with Crippen LogP contribution in [0.3, 0.4) is 0 Å². The molecule has 22 heavy (non-hydrogen) atoms. The summed E-state index contributed by atoms with van der Waals surface area (Å²) in [7, 11) is 2.03. The summed E-state index contributed by atoms with van der Waals surface area (Å²) < 4.78 is 5.70. The van der Waals surface area contributed by atoms with Crippen molar-refractivity contribution in [3.63, 3.8) is 0 Å². The molecule has 0 bridgehead atoms. The molecule has 0 radical (unpaired) electrons. The maximum Gasteiger partial charge on any atom is 0.237 e.